The lowest BCUT2D eigenvalue weighted by Gasteiger charge is -2.10. The molecule has 5 heteroatoms. The monoisotopic (exact) mass is 369 g/mol. The molecular formula is C16H21BrClN3. The van der Waals surface area contributed by atoms with E-state index in [1.165, 1.54) is 11.1 Å². The van der Waals surface area contributed by atoms with Gasteiger partial charge in [-0.3, -0.25) is 4.68 Å². The Kier molecular flexibility index (Phi) is 5.85. The van der Waals surface area contributed by atoms with Gasteiger partial charge in [-0.05, 0) is 44.0 Å². The van der Waals surface area contributed by atoms with Crippen LogP contribution in [0.15, 0.2) is 22.7 Å². The Labute approximate surface area is 139 Å². The van der Waals surface area contributed by atoms with Crippen molar-refractivity contribution in [1.29, 1.82) is 0 Å². The minimum atomic E-state index is 0.725. The second kappa shape index (κ2) is 7.43. The molecule has 0 saturated heterocycles. The number of aromatic nitrogens is 2. The standard InChI is InChI=1S/C16H21BrClN3/c1-4-7-19-9-13-5-6-14(15(17)8-13)10-21-12(3)16(18)11(2)20-21/h5-6,8,19H,4,7,9-10H2,1-3H3. The predicted octanol–water partition coefficient (Wildman–Crippen LogP) is 4.46. The zero-order valence-corrected chi connectivity index (χ0v) is 15.1. The molecule has 1 aromatic heterocycles. The van der Waals surface area contributed by atoms with Crippen molar-refractivity contribution in [2.75, 3.05) is 6.54 Å². The fourth-order valence-electron chi connectivity index (χ4n) is 2.23. The molecule has 1 aromatic carbocycles. The first-order chi connectivity index (χ1) is 10.0. The Morgan fingerprint density at radius 1 is 1.33 bits per heavy atom. The molecule has 0 aliphatic carbocycles. The van der Waals surface area contributed by atoms with Gasteiger partial charge in [-0.2, -0.15) is 5.10 Å². The second-order valence-electron chi connectivity index (χ2n) is 5.24. The van der Waals surface area contributed by atoms with Crippen LogP contribution >= 0.6 is 27.5 Å². The SMILES string of the molecule is CCCNCc1ccc(Cn2nc(C)c(Cl)c2C)c(Br)c1. The van der Waals surface area contributed by atoms with E-state index in [1.807, 2.05) is 18.5 Å². The molecule has 0 saturated carbocycles. The van der Waals surface area contributed by atoms with Crippen LogP contribution in [0.2, 0.25) is 5.02 Å². The van der Waals surface area contributed by atoms with E-state index in [1.54, 1.807) is 0 Å². The minimum absolute atomic E-state index is 0.725. The van der Waals surface area contributed by atoms with Gasteiger partial charge in [0.2, 0.25) is 0 Å². The summed E-state index contributed by atoms with van der Waals surface area (Å²) in [6.07, 6.45) is 1.15. The number of nitrogens with zero attached hydrogens (tertiary/aromatic N) is 2. The van der Waals surface area contributed by atoms with Gasteiger partial charge >= 0.3 is 0 Å². The fraction of sp³-hybridized carbons (Fsp3) is 0.438. The summed E-state index contributed by atoms with van der Waals surface area (Å²) in [4.78, 5) is 0. The molecule has 0 fully saturated rings. The molecule has 1 N–H and O–H groups in total. The van der Waals surface area contributed by atoms with Crippen molar-refractivity contribution >= 4 is 27.5 Å². The Morgan fingerprint density at radius 3 is 2.67 bits per heavy atom. The molecule has 1 heterocycles. The summed E-state index contributed by atoms with van der Waals surface area (Å²) in [5, 5.41) is 8.65. The number of hydrogen-bond acceptors (Lipinski definition) is 2. The van der Waals surface area contributed by atoms with Gasteiger partial charge in [0.05, 0.1) is 23.0 Å². The third-order valence-corrected chi connectivity index (χ3v) is 4.77. The Hall–Kier alpha value is -0.840. The molecule has 0 amide bonds. The summed E-state index contributed by atoms with van der Waals surface area (Å²) >= 11 is 9.86. The third-order valence-electron chi connectivity index (χ3n) is 3.49. The van der Waals surface area contributed by atoms with Gasteiger partial charge in [0.15, 0.2) is 0 Å². The third kappa shape index (κ3) is 4.09. The van der Waals surface area contributed by atoms with E-state index in [0.717, 1.165) is 46.9 Å². The average Bonchev–Trinajstić information content (AvgIpc) is 2.69. The molecule has 0 aliphatic heterocycles. The number of rotatable bonds is 6. The molecule has 0 bridgehead atoms. The van der Waals surface area contributed by atoms with Crippen molar-refractivity contribution in [3.8, 4) is 0 Å². The van der Waals surface area contributed by atoms with Crippen LogP contribution in [-0.4, -0.2) is 16.3 Å². The molecular weight excluding hydrogens is 350 g/mol. The minimum Gasteiger partial charge on any atom is -0.313 e. The highest BCUT2D eigenvalue weighted by atomic mass is 79.9. The Balaban J connectivity index is 2.12. The second-order valence-corrected chi connectivity index (χ2v) is 6.48. The van der Waals surface area contributed by atoms with Crippen LogP contribution in [0.25, 0.3) is 0 Å². The van der Waals surface area contributed by atoms with Crippen molar-refractivity contribution in [2.24, 2.45) is 0 Å². The number of hydrogen-bond donors (Lipinski definition) is 1. The van der Waals surface area contributed by atoms with E-state index >= 15 is 0 Å². The molecule has 0 atom stereocenters. The zero-order valence-electron chi connectivity index (χ0n) is 12.7. The van der Waals surface area contributed by atoms with Crippen molar-refractivity contribution < 1.29 is 0 Å². The smallest absolute Gasteiger partial charge is 0.0844 e. The van der Waals surface area contributed by atoms with E-state index in [0.29, 0.717) is 0 Å². The van der Waals surface area contributed by atoms with Crippen LogP contribution in [0.1, 0.15) is 35.9 Å². The summed E-state index contributed by atoms with van der Waals surface area (Å²) < 4.78 is 3.06. The molecule has 2 aromatic rings. The Bertz CT molecular complexity index is 622. The van der Waals surface area contributed by atoms with Crippen molar-refractivity contribution in [3.05, 3.63) is 50.2 Å². The van der Waals surface area contributed by atoms with Gasteiger partial charge in [-0.25, -0.2) is 0 Å². The van der Waals surface area contributed by atoms with Crippen LogP contribution in [0.5, 0.6) is 0 Å². The highest BCUT2D eigenvalue weighted by molar-refractivity contribution is 9.10. The maximum atomic E-state index is 6.20. The van der Waals surface area contributed by atoms with Crippen molar-refractivity contribution in [3.63, 3.8) is 0 Å². The van der Waals surface area contributed by atoms with E-state index in [2.05, 4.69) is 51.5 Å². The van der Waals surface area contributed by atoms with Gasteiger partial charge in [0.1, 0.15) is 0 Å². The molecule has 0 aliphatic rings. The predicted molar refractivity (Wildman–Crippen MR) is 92.0 cm³/mol. The molecule has 21 heavy (non-hydrogen) atoms. The maximum absolute atomic E-state index is 6.20. The lowest BCUT2D eigenvalue weighted by atomic mass is 10.1. The summed E-state index contributed by atoms with van der Waals surface area (Å²) in [6.45, 7) is 8.78. The lowest BCUT2D eigenvalue weighted by molar-refractivity contribution is 0.655. The largest absolute Gasteiger partial charge is 0.313 e. The molecule has 0 radical (unpaired) electrons. The number of benzene rings is 1. The van der Waals surface area contributed by atoms with Gasteiger partial charge in [-0.15, -0.1) is 0 Å². The molecule has 114 valence electrons. The topological polar surface area (TPSA) is 29.9 Å². The fourth-order valence-corrected chi connectivity index (χ4v) is 2.92. The lowest BCUT2D eigenvalue weighted by Crippen LogP contribution is -2.14. The van der Waals surface area contributed by atoms with Gasteiger partial charge < -0.3 is 5.32 Å². The number of halogens is 2. The first kappa shape index (κ1) is 16.5. The van der Waals surface area contributed by atoms with E-state index in [-0.39, 0.29) is 0 Å². The van der Waals surface area contributed by atoms with E-state index in [9.17, 15) is 0 Å². The first-order valence-corrected chi connectivity index (χ1v) is 8.37. The van der Waals surface area contributed by atoms with Gasteiger partial charge in [0.25, 0.3) is 0 Å². The van der Waals surface area contributed by atoms with E-state index in [4.69, 9.17) is 11.6 Å². The molecule has 3 nitrogen and oxygen atoms in total. The number of aryl methyl sites for hydroxylation is 1. The Morgan fingerprint density at radius 2 is 2.10 bits per heavy atom. The highest BCUT2D eigenvalue weighted by Crippen LogP contribution is 2.23. The van der Waals surface area contributed by atoms with Crippen LogP contribution < -0.4 is 5.32 Å². The van der Waals surface area contributed by atoms with Crippen LogP contribution in [-0.2, 0) is 13.1 Å². The average molecular weight is 371 g/mol. The molecule has 2 rings (SSSR count). The first-order valence-electron chi connectivity index (χ1n) is 7.20. The summed E-state index contributed by atoms with van der Waals surface area (Å²) in [6, 6.07) is 6.48. The van der Waals surface area contributed by atoms with Gasteiger partial charge in [-0.1, -0.05) is 46.6 Å². The van der Waals surface area contributed by atoms with Crippen molar-refractivity contribution in [1.82, 2.24) is 15.1 Å². The summed E-state index contributed by atoms with van der Waals surface area (Å²) in [5.41, 5.74) is 4.38. The number of nitrogens with one attached hydrogen (secondary N) is 1. The molecule has 0 unspecified atom stereocenters. The zero-order chi connectivity index (χ0) is 15.4. The van der Waals surface area contributed by atoms with Crippen LogP contribution in [0.4, 0.5) is 0 Å². The van der Waals surface area contributed by atoms with Crippen LogP contribution in [0.3, 0.4) is 0 Å². The van der Waals surface area contributed by atoms with E-state index < -0.39 is 0 Å². The van der Waals surface area contributed by atoms with Crippen molar-refractivity contribution in [2.45, 2.75) is 40.3 Å². The highest BCUT2D eigenvalue weighted by Gasteiger charge is 2.11. The molecule has 0 spiro atoms. The normalized spacial score (nSPS) is 11.1. The van der Waals surface area contributed by atoms with Gasteiger partial charge in [0, 0.05) is 11.0 Å². The van der Waals surface area contributed by atoms with Crippen LogP contribution in [0, 0.1) is 13.8 Å². The summed E-state index contributed by atoms with van der Waals surface area (Å²) in [5.74, 6) is 0. The quantitative estimate of drug-likeness (QED) is 0.761. The maximum Gasteiger partial charge on any atom is 0.0844 e. The summed E-state index contributed by atoms with van der Waals surface area (Å²) in [7, 11) is 0.